The molecule has 0 aliphatic heterocycles. The molecule has 2 N–H and O–H groups in total. The second-order valence-electron chi connectivity index (χ2n) is 6.48. The topological polar surface area (TPSA) is 74.2 Å². The first kappa shape index (κ1) is 13.8. The Labute approximate surface area is 129 Å². The number of rotatable bonds is 4. The van der Waals surface area contributed by atoms with Crippen LogP contribution in [-0.4, -0.2) is 16.2 Å². The van der Waals surface area contributed by atoms with Gasteiger partial charge < -0.3 is 15.0 Å². The van der Waals surface area contributed by atoms with Crippen molar-refractivity contribution in [3.63, 3.8) is 0 Å². The zero-order valence-corrected chi connectivity index (χ0v) is 12.6. The van der Waals surface area contributed by atoms with Crippen LogP contribution in [0.15, 0.2) is 28.8 Å². The van der Waals surface area contributed by atoms with Gasteiger partial charge in [0.05, 0.1) is 11.6 Å². The Morgan fingerprint density at radius 3 is 2.45 bits per heavy atom. The van der Waals surface area contributed by atoms with Crippen LogP contribution in [0.1, 0.15) is 50.8 Å². The Bertz CT molecular complexity index is 640. The fourth-order valence-corrected chi connectivity index (χ4v) is 3.13. The zero-order chi connectivity index (χ0) is 15.0. The maximum Gasteiger partial charge on any atom is 0.257 e. The quantitative estimate of drug-likeness (QED) is 0.936. The van der Waals surface area contributed by atoms with Gasteiger partial charge in [-0.3, -0.25) is 0 Å². The highest BCUT2D eigenvalue weighted by molar-refractivity contribution is 5.54. The van der Waals surface area contributed by atoms with Crippen LogP contribution < -0.4 is 10.5 Å². The van der Waals surface area contributed by atoms with E-state index < -0.39 is 5.54 Å². The molecule has 2 aliphatic rings. The zero-order valence-electron chi connectivity index (χ0n) is 12.6. The maximum atomic E-state index is 6.37. The molecule has 0 atom stereocenters. The molecule has 1 aromatic heterocycles. The first-order valence-electron chi connectivity index (χ1n) is 8.13. The first-order chi connectivity index (χ1) is 10.7. The number of ether oxygens (including phenoxy) is 1. The molecule has 5 heteroatoms. The van der Waals surface area contributed by atoms with E-state index in [0.29, 0.717) is 17.8 Å². The van der Waals surface area contributed by atoms with Gasteiger partial charge in [-0.15, -0.1) is 0 Å². The van der Waals surface area contributed by atoms with Gasteiger partial charge in [0.15, 0.2) is 5.82 Å². The van der Waals surface area contributed by atoms with Crippen molar-refractivity contribution in [1.82, 2.24) is 10.1 Å². The molecule has 2 aromatic rings. The molecule has 5 nitrogen and oxygen atoms in total. The van der Waals surface area contributed by atoms with E-state index in [0.717, 1.165) is 49.8 Å². The van der Waals surface area contributed by atoms with Crippen molar-refractivity contribution in [3.05, 3.63) is 30.1 Å². The average molecular weight is 299 g/mol. The molecule has 0 unspecified atom stereocenters. The third kappa shape index (κ3) is 2.50. The van der Waals surface area contributed by atoms with E-state index in [9.17, 15) is 0 Å². The second-order valence-corrected chi connectivity index (χ2v) is 6.48. The van der Waals surface area contributed by atoms with Gasteiger partial charge in [-0.2, -0.15) is 4.98 Å². The molecule has 2 fully saturated rings. The van der Waals surface area contributed by atoms with Crippen LogP contribution in [0, 0.1) is 0 Å². The Morgan fingerprint density at radius 2 is 1.82 bits per heavy atom. The maximum absolute atomic E-state index is 6.37. The van der Waals surface area contributed by atoms with Gasteiger partial charge in [0.25, 0.3) is 5.89 Å². The molecule has 116 valence electrons. The van der Waals surface area contributed by atoms with Crippen molar-refractivity contribution in [1.29, 1.82) is 0 Å². The fraction of sp³-hybridized carbons (Fsp3) is 0.529. The van der Waals surface area contributed by atoms with E-state index >= 15 is 0 Å². The van der Waals surface area contributed by atoms with E-state index in [4.69, 9.17) is 15.0 Å². The van der Waals surface area contributed by atoms with Crippen LogP contribution >= 0.6 is 0 Å². The molecular formula is C17H21N3O2. The summed E-state index contributed by atoms with van der Waals surface area (Å²) in [5, 5.41) is 4.10. The van der Waals surface area contributed by atoms with Gasteiger partial charge in [-0.05, 0) is 56.4 Å². The molecule has 2 saturated carbocycles. The lowest BCUT2D eigenvalue weighted by atomic mass is 9.96. The molecule has 0 bridgehead atoms. The minimum atomic E-state index is -0.408. The van der Waals surface area contributed by atoms with Crippen molar-refractivity contribution < 1.29 is 9.26 Å². The number of hydrogen-bond acceptors (Lipinski definition) is 5. The smallest absolute Gasteiger partial charge is 0.257 e. The summed E-state index contributed by atoms with van der Waals surface area (Å²) in [6.45, 7) is 0. The van der Waals surface area contributed by atoms with E-state index in [1.807, 2.05) is 24.3 Å². The number of nitrogens with two attached hydrogens (primary N) is 1. The van der Waals surface area contributed by atoms with Crippen LogP contribution in [0.5, 0.6) is 5.75 Å². The first-order valence-corrected chi connectivity index (χ1v) is 8.13. The molecular weight excluding hydrogens is 278 g/mol. The summed E-state index contributed by atoms with van der Waals surface area (Å²) >= 11 is 0. The average Bonchev–Trinajstić information content (AvgIpc) is 3.13. The molecule has 0 spiro atoms. The largest absolute Gasteiger partial charge is 0.490 e. The predicted octanol–water partition coefficient (Wildman–Crippen LogP) is 3.40. The highest BCUT2D eigenvalue weighted by Gasteiger charge is 2.36. The molecule has 1 heterocycles. The summed E-state index contributed by atoms with van der Waals surface area (Å²) in [5.74, 6) is 2.07. The fourth-order valence-electron chi connectivity index (χ4n) is 3.13. The van der Waals surface area contributed by atoms with Crippen molar-refractivity contribution in [2.24, 2.45) is 5.73 Å². The minimum Gasteiger partial charge on any atom is -0.490 e. The summed E-state index contributed by atoms with van der Waals surface area (Å²) in [6.07, 6.45) is 8.11. The lowest BCUT2D eigenvalue weighted by molar-refractivity contribution is 0.120. The number of aromatic nitrogens is 2. The lowest BCUT2D eigenvalue weighted by Crippen LogP contribution is -2.34. The van der Waals surface area contributed by atoms with Crippen LogP contribution in [0.25, 0.3) is 11.5 Å². The monoisotopic (exact) mass is 299 g/mol. The Balaban J connectivity index is 1.50. The van der Waals surface area contributed by atoms with Crippen molar-refractivity contribution in [2.45, 2.75) is 56.6 Å². The van der Waals surface area contributed by atoms with E-state index in [2.05, 4.69) is 10.1 Å². The number of nitrogens with zero attached hydrogens (tertiary/aromatic N) is 2. The standard InChI is InChI=1S/C17H21N3O2/c18-17(10-1-2-11-17)16-19-15(22-20-16)12-6-8-14(9-7-12)21-13-4-3-5-13/h6-9,13H,1-5,10-11,18H2. The second kappa shape index (κ2) is 5.39. The highest BCUT2D eigenvalue weighted by Crippen LogP contribution is 2.35. The van der Waals surface area contributed by atoms with Gasteiger partial charge >= 0.3 is 0 Å². The summed E-state index contributed by atoms with van der Waals surface area (Å²) in [6, 6.07) is 7.85. The van der Waals surface area contributed by atoms with Crippen LogP contribution in [0.3, 0.4) is 0 Å². The SMILES string of the molecule is NC1(c2noc(-c3ccc(OC4CCC4)cc3)n2)CCCC1. The summed E-state index contributed by atoms with van der Waals surface area (Å²) in [7, 11) is 0. The normalized spacial score (nSPS) is 20.8. The highest BCUT2D eigenvalue weighted by atomic mass is 16.5. The number of benzene rings is 1. The van der Waals surface area contributed by atoms with Crippen molar-refractivity contribution in [2.75, 3.05) is 0 Å². The van der Waals surface area contributed by atoms with Gasteiger partial charge in [0.1, 0.15) is 5.75 Å². The van der Waals surface area contributed by atoms with Crippen LogP contribution in [0.4, 0.5) is 0 Å². The van der Waals surface area contributed by atoms with E-state index in [1.54, 1.807) is 0 Å². The Kier molecular flexibility index (Phi) is 3.37. The Hall–Kier alpha value is -1.88. The third-order valence-corrected chi connectivity index (χ3v) is 4.82. The molecule has 1 aromatic carbocycles. The van der Waals surface area contributed by atoms with Gasteiger partial charge in [0.2, 0.25) is 0 Å². The molecule has 0 amide bonds. The number of hydrogen-bond donors (Lipinski definition) is 1. The van der Waals surface area contributed by atoms with Gasteiger partial charge in [-0.1, -0.05) is 18.0 Å². The molecule has 4 rings (SSSR count). The van der Waals surface area contributed by atoms with Crippen LogP contribution in [0.2, 0.25) is 0 Å². The van der Waals surface area contributed by atoms with Crippen LogP contribution in [-0.2, 0) is 5.54 Å². The summed E-state index contributed by atoms with van der Waals surface area (Å²) in [4.78, 5) is 4.51. The van der Waals surface area contributed by atoms with E-state index in [-0.39, 0.29) is 0 Å². The van der Waals surface area contributed by atoms with Crippen molar-refractivity contribution in [3.8, 4) is 17.2 Å². The summed E-state index contributed by atoms with van der Waals surface area (Å²) in [5.41, 5.74) is 6.86. The molecule has 2 aliphatic carbocycles. The molecule has 0 saturated heterocycles. The summed E-state index contributed by atoms with van der Waals surface area (Å²) < 4.78 is 11.3. The van der Waals surface area contributed by atoms with Crippen molar-refractivity contribution >= 4 is 0 Å². The lowest BCUT2D eigenvalue weighted by Gasteiger charge is -2.26. The van der Waals surface area contributed by atoms with Gasteiger partial charge in [-0.25, -0.2) is 0 Å². The Morgan fingerprint density at radius 1 is 1.09 bits per heavy atom. The molecule has 22 heavy (non-hydrogen) atoms. The van der Waals surface area contributed by atoms with Gasteiger partial charge in [0, 0.05) is 5.56 Å². The van der Waals surface area contributed by atoms with E-state index in [1.165, 1.54) is 6.42 Å². The minimum absolute atomic E-state index is 0.389. The third-order valence-electron chi connectivity index (χ3n) is 4.82. The predicted molar refractivity (Wildman–Crippen MR) is 82.3 cm³/mol. The molecule has 0 radical (unpaired) electrons.